The largest absolute Gasteiger partial charge is 0.158 e. The summed E-state index contributed by atoms with van der Waals surface area (Å²) >= 11 is 11.8. The first kappa shape index (κ1) is 16.1. The van der Waals surface area contributed by atoms with E-state index in [1.807, 2.05) is 40.7 Å². The molecule has 0 aliphatic heterocycles. The molecule has 4 heteroatoms. The van der Waals surface area contributed by atoms with E-state index in [0.717, 1.165) is 10.9 Å². The van der Waals surface area contributed by atoms with E-state index in [0.29, 0.717) is 15.6 Å². The van der Waals surface area contributed by atoms with Crippen molar-refractivity contribution < 1.29 is 0 Å². The zero-order valence-electron chi connectivity index (χ0n) is 10.9. The normalized spacial score (nSPS) is 8.88. The average Bonchev–Trinajstić information content (AvgIpc) is 2.36. The molecule has 2 nitrogen and oxygen atoms in total. The van der Waals surface area contributed by atoms with E-state index in [1.165, 1.54) is 0 Å². The van der Waals surface area contributed by atoms with E-state index < -0.39 is 0 Å². The molecule has 0 spiro atoms. The topological polar surface area (TPSA) is 25.8 Å². The number of fused-ring (bicyclic) bond motifs is 1. The second kappa shape index (κ2) is 8.26. The average molecular weight is 273 g/mol. The highest BCUT2D eigenvalue weighted by Crippen LogP contribution is 2.27. The standard InChI is InChI=1S/C9H6Cl2N2.2C2H6/c1-5-4-12-13-9-7(5)2-6(10)3-8(9)11;2*1-2/h2-4H,1H3;2*1-2H3. The van der Waals surface area contributed by atoms with Gasteiger partial charge in [-0.25, -0.2) is 0 Å². The Hall–Kier alpha value is -0.860. The third kappa shape index (κ3) is 4.14. The van der Waals surface area contributed by atoms with Crippen molar-refractivity contribution in [3.63, 3.8) is 0 Å². The van der Waals surface area contributed by atoms with Gasteiger partial charge >= 0.3 is 0 Å². The van der Waals surface area contributed by atoms with Crippen molar-refractivity contribution in [2.24, 2.45) is 0 Å². The molecule has 0 fully saturated rings. The summed E-state index contributed by atoms with van der Waals surface area (Å²) in [5, 5.41) is 9.88. The summed E-state index contributed by atoms with van der Waals surface area (Å²) < 4.78 is 0. The van der Waals surface area contributed by atoms with Crippen LogP contribution in [-0.4, -0.2) is 10.2 Å². The molecular formula is C13H18Cl2N2. The Labute approximate surface area is 113 Å². The Kier molecular flexibility index (Phi) is 7.85. The summed E-state index contributed by atoms with van der Waals surface area (Å²) in [5.74, 6) is 0. The number of aromatic nitrogens is 2. The number of nitrogens with zero attached hydrogens (tertiary/aromatic N) is 2. The van der Waals surface area contributed by atoms with E-state index >= 15 is 0 Å². The third-order valence-corrected chi connectivity index (χ3v) is 2.37. The van der Waals surface area contributed by atoms with Gasteiger partial charge in [-0.2, -0.15) is 5.10 Å². The van der Waals surface area contributed by atoms with Crippen LogP contribution in [0, 0.1) is 6.92 Å². The Morgan fingerprint density at radius 2 is 1.59 bits per heavy atom. The number of hydrogen-bond donors (Lipinski definition) is 0. The summed E-state index contributed by atoms with van der Waals surface area (Å²) in [4.78, 5) is 0. The molecule has 2 aromatic rings. The van der Waals surface area contributed by atoms with Gasteiger partial charge < -0.3 is 0 Å². The maximum absolute atomic E-state index is 5.95. The Bertz CT molecular complexity index is 470. The fourth-order valence-corrected chi connectivity index (χ4v) is 1.74. The first-order valence-electron chi connectivity index (χ1n) is 5.75. The lowest BCUT2D eigenvalue weighted by molar-refractivity contribution is 1.06. The van der Waals surface area contributed by atoms with Gasteiger partial charge in [-0.3, -0.25) is 0 Å². The molecule has 0 unspecified atom stereocenters. The molecule has 0 radical (unpaired) electrons. The highest BCUT2D eigenvalue weighted by atomic mass is 35.5. The quantitative estimate of drug-likeness (QED) is 0.651. The molecule has 0 saturated carbocycles. The Morgan fingerprint density at radius 1 is 1.00 bits per heavy atom. The van der Waals surface area contributed by atoms with Crippen molar-refractivity contribution in [2.75, 3.05) is 0 Å². The number of halogens is 2. The van der Waals surface area contributed by atoms with Gasteiger partial charge in [0.05, 0.1) is 11.2 Å². The number of aryl methyl sites for hydroxylation is 1. The maximum Gasteiger partial charge on any atom is 0.112 e. The maximum atomic E-state index is 5.95. The summed E-state index contributed by atoms with van der Waals surface area (Å²) in [6.07, 6.45) is 1.69. The minimum atomic E-state index is 0.540. The van der Waals surface area contributed by atoms with Crippen molar-refractivity contribution in [2.45, 2.75) is 34.6 Å². The van der Waals surface area contributed by atoms with E-state index in [2.05, 4.69) is 10.2 Å². The predicted octanol–water partition coefficient (Wildman–Crippen LogP) is 5.30. The molecule has 0 amide bonds. The van der Waals surface area contributed by atoms with Crippen LogP contribution in [-0.2, 0) is 0 Å². The second-order valence-corrected chi connectivity index (χ2v) is 3.65. The first-order valence-corrected chi connectivity index (χ1v) is 6.51. The smallest absolute Gasteiger partial charge is 0.112 e. The van der Waals surface area contributed by atoms with Crippen LogP contribution in [0.5, 0.6) is 0 Å². The molecule has 0 N–H and O–H groups in total. The van der Waals surface area contributed by atoms with Crippen LogP contribution in [0.2, 0.25) is 10.0 Å². The van der Waals surface area contributed by atoms with Gasteiger partial charge in [0.2, 0.25) is 0 Å². The van der Waals surface area contributed by atoms with Crippen molar-refractivity contribution in [3.05, 3.63) is 33.9 Å². The molecular weight excluding hydrogens is 255 g/mol. The summed E-state index contributed by atoms with van der Waals surface area (Å²) in [6.45, 7) is 9.95. The SMILES string of the molecule is CC.CC.Cc1cnnc2c(Cl)cc(Cl)cc12. The summed E-state index contributed by atoms with van der Waals surface area (Å²) in [7, 11) is 0. The van der Waals surface area contributed by atoms with Crippen molar-refractivity contribution in [1.82, 2.24) is 10.2 Å². The molecule has 1 aromatic heterocycles. The zero-order chi connectivity index (χ0) is 13.4. The van der Waals surface area contributed by atoms with Crippen LogP contribution < -0.4 is 0 Å². The lowest BCUT2D eigenvalue weighted by Gasteiger charge is -2.01. The van der Waals surface area contributed by atoms with Gasteiger partial charge in [-0.05, 0) is 24.6 Å². The summed E-state index contributed by atoms with van der Waals surface area (Å²) in [5.41, 5.74) is 1.72. The minimum Gasteiger partial charge on any atom is -0.158 e. The highest BCUT2D eigenvalue weighted by molar-refractivity contribution is 6.38. The molecule has 0 aliphatic carbocycles. The monoisotopic (exact) mass is 272 g/mol. The molecule has 17 heavy (non-hydrogen) atoms. The van der Waals surface area contributed by atoms with Crippen LogP contribution in [0.4, 0.5) is 0 Å². The summed E-state index contributed by atoms with van der Waals surface area (Å²) in [6, 6.07) is 3.51. The third-order valence-electron chi connectivity index (χ3n) is 1.86. The van der Waals surface area contributed by atoms with E-state index in [-0.39, 0.29) is 0 Å². The first-order chi connectivity index (χ1) is 8.18. The van der Waals surface area contributed by atoms with Crippen molar-refractivity contribution >= 4 is 34.1 Å². The van der Waals surface area contributed by atoms with Gasteiger partial charge in [0.15, 0.2) is 0 Å². The Morgan fingerprint density at radius 3 is 2.18 bits per heavy atom. The van der Waals surface area contributed by atoms with Crippen LogP contribution >= 0.6 is 23.2 Å². The fraction of sp³-hybridized carbons (Fsp3) is 0.385. The zero-order valence-corrected chi connectivity index (χ0v) is 12.4. The van der Waals surface area contributed by atoms with Crippen LogP contribution in [0.25, 0.3) is 10.9 Å². The molecule has 2 rings (SSSR count). The van der Waals surface area contributed by atoms with Crippen LogP contribution in [0.15, 0.2) is 18.3 Å². The van der Waals surface area contributed by atoms with Gasteiger partial charge in [-0.15, -0.1) is 5.10 Å². The second-order valence-electron chi connectivity index (χ2n) is 2.81. The molecule has 1 heterocycles. The van der Waals surface area contributed by atoms with Crippen LogP contribution in [0.1, 0.15) is 33.3 Å². The van der Waals surface area contributed by atoms with E-state index in [1.54, 1.807) is 12.3 Å². The molecule has 0 saturated heterocycles. The molecule has 94 valence electrons. The van der Waals surface area contributed by atoms with Gasteiger partial charge in [0.25, 0.3) is 0 Å². The van der Waals surface area contributed by atoms with E-state index in [9.17, 15) is 0 Å². The number of hydrogen-bond acceptors (Lipinski definition) is 2. The lowest BCUT2D eigenvalue weighted by Crippen LogP contribution is -1.87. The number of rotatable bonds is 0. The highest BCUT2D eigenvalue weighted by Gasteiger charge is 2.04. The Balaban J connectivity index is 0.000000581. The van der Waals surface area contributed by atoms with Gasteiger partial charge in [-0.1, -0.05) is 50.9 Å². The lowest BCUT2D eigenvalue weighted by atomic mass is 10.1. The van der Waals surface area contributed by atoms with Crippen molar-refractivity contribution in [3.8, 4) is 0 Å². The molecule has 0 aliphatic rings. The van der Waals surface area contributed by atoms with Crippen LogP contribution in [0.3, 0.4) is 0 Å². The fourth-order valence-electron chi connectivity index (χ4n) is 1.21. The molecule has 1 aromatic carbocycles. The van der Waals surface area contributed by atoms with Gasteiger partial charge in [0.1, 0.15) is 5.52 Å². The predicted molar refractivity (Wildman–Crippen MR) is 77.0 cm³/mol. The van der Waals surface area contributed by atoms with Gasteiger partial charge in [0, 0.05) is 10.4 Å². The van der Waals surface area contributed by atoms with E-state index in [4.69, 9.17) is 23.2 Å². The molecule has 0 bridgehead atoms. The minimum absolute atomic E-state index is 0.540. The molecule has 0 atom stereocenters. The number of benzene rings is 1. The van der Waals surface area contributed by atoms with Crippen molar-refractivity contribution in [1.29, 1.82) is 0 Å².